The molecule has 0 amide bonds. The van der Waals surface area contributed by atoms with Crippen molar-refractivity contribution in [1.29, 1.82) is 0 Å². The number of rotatable bonds is 5. The van der Waals surface area contributed by atoms with Gasteiger partial charge in [0.2, 0.25) is 0 Å². The first-order valence-corrected chi connectivity index (χ1v) is 6.02. The molecule has 2 rings (SSSR count). The minimum absolute atomic E-state index is 0.811. The first-order chi connectivity index (χ1) is 7.84. The van der Waals surface area contributed by atoms with Crippen LogP contribution in [0.25, 0.3) is 0 Å². The van der Waals surface area contributed by atoms with E-state index in [2.05, 4.69) is 27.2 Å². The number of nitrogens with one attached hydrogen (secondary N) is 1. The van der Waals surface area contributed by atoms with Gasteiger partial charge in [-0.05, 0) is 6.92 Å². The number of thiazole rings is 1. The third-order valence-electron chi connectivity index (χ3n) is 2.13. The van der Waals surface area contributed by atoms with Crippen LogP contribution in [0.5, 0.6) is 0 Å². The molecule has 84 valence electrons. The fourth-order valence-corrected chi connectivity index (χ4v) is 2.15. The van der Waals surface area contributed by atoms with E-state index in [-0.39, 0.29) is 0 Å². The SMILES string of the molecule is Cc1cnc(CCNCc2cncnc2)s1. The fraction of sp³-hybridized carbons (Fsp3) is 0.364. The van der Waals surface area contributed by atoms with Gasteiger partial charge < -0.3 is 5.32 Å². The first-order valence-electron chi connectivity index (χ1n) is 5.20. The quantitative estimate of drug-likeness (QED) is 0.798. The molecule has 1 N–H and O–H groups in total. The summed E-state index contributed by atoms with van der Waals surface area (Å²) in [6.45, 7) is 3.82. The van der Waals surface area contributed by atoms with Gasteiger partial charge in [0.05, 0.1) is 5.01 Å². The van der Waals surface area contributed by atoms with Crippen LogP contribution in [0.3, 0.4) is 0 Å². The maximum atomic E-state index is 4.31. The molecule has 0 aliphatic carbocycles. The zero-order chi connectivity index (χ0) is 11.2. The van der Waals surface area contributed by atoms with Gasteiger partial charge in [-0.25, -0.2) is 15.0 Å². The lowest BCUT2D eigenvalue weighted by Crippen LogP contribution is -2.16. The highest BCUT2D eigenvalue weighted by Gasteiger charge is 1.98. The summed E-state index contributed by atoms with van der Waals surface area (Å²) < 4.78 is 0. The maximum Gasteiger partial charge on any atom is 0.115 e. The molecule has 0 bridgehead atoms. The Labute approximate surface area is 98.8 Å². The van der Waals surface area contributed by atoms with E-state index in [1.54, 1.807) is 17.7 Å². The molecular weight excluding hydrogens is 220 g/mol. The molecule has 2 heterocycles. The maximum absolute atomic E-state index is 4.31. The third-order valence-corrected chi connectivity index (χ3v) is 3.10. The average Bonchev–Trinajstić information content (AvgIpc) is 2.72. The zero-order valence-electron chi connectivity index (χ0n) is 9.18. The van der Waals surface area contributed by atoms with Crippen molar-refractivity contribution in [3.63, 3.8) is 0 Å². The molecule has 0 spiro atoms. The lowest BCUT2D eigenvalue weighted by molar-refractivity contribution is 0.681. The summed E-state index contributed by atoms with van der Waals surface area (Å²) in [6.07, 6.45) is 8.10. The predicted octanol–water partition coefficient (Wildman–Crippen LogP) is 1.57. The van der Waals surface area contributed by atoms with Crippen LogP contribution < -0.4 is 5.32 Å². The summed E-state index contributed by atoms with van der Waals surface area (Å²) in [4.78, 5) is 13.5. The number of aromatic nitrogens is 3. The molecule has 5 heteroatoms. The van der Waals surface area contributed by atoms with Crippen molar-refractivity contribution in [1.82, 2.24) is 20.3 Å². The Morgan fingerprint density at radius 3 is 2.75 bits per heavy atom. The van der Waals surface area contributed by atoms with Gasteiger partial charge in [-0.3, -0.25) is 0 Å². The van der Waals surface area contributed by atoms with Gasteiger partial charge in [0, 0.05) is 48.5 Å². The van der Waals surface area contributed by atoms with E-state index >= 15 is 0 Å². The Hall–Kier alpha value is -1.33. The number of hydrogen-bond donors (Lipinski definition) is 1. The minimum Gasteiger partial charge on any atom is -0.312 e. The summed E-state index contributed by atoms with van der Waals surface area (Å²) in [5.74, 6) is 0. The molecule has 0 aliphatic heterocycles. The third kappa shape index (κ3) is 3.36. The van der Waals surface area contributed by atoms with Gasteiger partial charge in [0.15, 0.2) is 0 Å². The lowest BCUT2D eigenvalue weighted by atomic mass is 10.3. The average molecular weight is 234 g/mol. The Morgan fingerprint density at radius 2 is 2.06 bits per heavy atom. The van der Waals surface area contributed by atoms with E-state index in [1.165, 1.54) is 9.88 Å². The normalized spacial score (nSPS) is 10.6. The molecular formula is C11H14N4S. The molecule has 0 fully saturated rings. The zero-order valence-corrected chi connectivity index (χ0v) is 10.00. The number of aryl methyl sites for hydroxylation is 1. The molecule has 0 saturated heterocycles. The highest BCUT2D eigenvalue weighted by molar-refractivity contribution is 7.11. The van der Waals surface area contributed by atoms with Crippen LogP contribution in [-0.4, -0.2) is 21.5 Å². The van der Waals surface area contributed by atoms with Crippen molar-refractivity contribution in [2.75, 3.05) is 6.54 Å². The molecule has 0 radical (unpaired) electrons. The van der Waals surface area contributed by atoms with E-state index < -0.39 is 0 Å². The van der Waals surface area contributed by atoms with E-state index in [4.69, 9.17) is 0 Å². The second-order valence-electron chi connectivity index (χ2n) is 3.54. The van der Waals surface area contributed by atoms with Crippen molar-refractivity contribution in [2.45, 2.75) is 19.9 Å². The molecule has 0 aromatic carbocycles. The predicted molar refractivity (Wildman–Crippen MR) is 64.3 cm³/mol. The van der Waals surface area contributed by atoms with Crippen LogP contribution in [-0.2, 0) is 13.0 Å². The summed E-state index contributed by atoms with van der Waals surface area (Å²) in [6, 6.07) is 0. The van der Waals surface area contributed by atoms with Crippen molar-refractivity contribution in [3.8, 4) is 0 Å². The Balaban J connectivity index is 1.69. The van der Waals surface area contributed by atoms with Crippen LogP contribution in [0.1, 0.15) is 15.4 Å². The largest absolute Gasteiger partial charge is 0.312 e. The Bertz CT molecular complexity index is 427. The Morgan fingerprint density at radius 1 is 1.25 bits per heavy atom. The highest BCUT2D eigenvalue weighted by Crippen LogP contribution is 2.10. The van der Waals surface area contributed by atoms with Crippen LogP contribution in [0, 0.1) is 6.92 Å². The second kappa shape index (κ2) is 5.67. The molecule has 4 nitrogen and oxygen atoms in total. The summed E-state index contributed by atoms with van der Waals surface area (Å²) in [7, 11) is 0. The van der Waals surface area contributed by atoms with Crippen LogP contribution in [0.15, 0.2) is 24.9 Å². The lowest BCUT2D eigenvalue weighted by Gasteiger charge is -2.02. The second-order valence-corrected chi connectivity index (χ2v) is 4.86. The van der Waals surface area contributed by atoms with Gasteiger partial charge in [-0.15, -0.1) is 11.3 Å². The van der Waals surface area contributed by atoms with Crippen molar-refractivity contribution in [2.24, 2.45) is 0 Å². The monoisotopic (exact) mass is 234 g/mol. The van der Waals surface area contributed by atoms with Crippen LogP contribution in [0.2, 0.25) is 0 Å². The van der Waals surface area contributed by atoms with Crippen LogP contribution in [0.4, 0.5) is 0 Å². The van der Waals surface area contributed by atoms with Gasteiger partial charge >= 0.3 is 0 Å². The number of hydrogen-bond acceptors (Lipinski definition) is 5. The van der Waals surface area contributed by atoms with Crippen molar-refractivity contribution < 1.29 is 0 Å². The van der Waals surface area contributed by atoms with Crippen molar-refractivity contribution >= 4 is 11.3 Å². The Kier molecular flexibility index (Phi) is 3.96. The van der Waals surface area contributed by atoms with Gasteiger partial charge in [-0.2, -0.15) is 0 Å². The minimum atomic E-state index is 0.811. The molecule has 0 saturated carbocycles. The molecule has 0 unspecified atom stereocenters. The molecule has 2 aromatic rings. The summed E-state index contributed by atoms with van der Waals surface area (Å²) in [5, 5.41) is 4.54. The number of nitrogens with zero attached hydrogens (tertiary/aromatic N) is 3. The highest BCUT2D eigenvalue weighted by atomic mass is 32.1. The first kappa shape index (κ1) is 11.2. The van der Waals surface area contributed by atoms with Crippen LogP contribution >= 0.6 is 11.3 Å². The fourth-order valence-electron chi connectivity index (χ4n) is 1.37. The van der Waals surface area contributed by atoms with Gasteiger partial charge in [0.1, 0.15) is 6.33 Å². The van der Waals surface area contributed by atoms with Gasteiger partial charge in [-0.1, -0.05) is 0 Å². The topological polar surface area (TPSA) is 50.7 Å². The molecule has 2 aromatic heterocycles. The standard InChI is InChI=1S/C11H14N4S/c1-9-4-15-11(16-9)2-3-12-5-10-6-13-8-14-7-10/h4,6-8,12H,2-3,5H2,1H3. The molecule has 16 heavy (non-hydrogen) atoms. The smallest absolute Gasteiger partial charge is 0.115 e. The summed E-state index contributed by atoms with van der Waals surface area (Å²) in [5.41, 5.74) is 1.11. The molecule has 0 atom stereocenters. The van der Waals surface area contributed by atoms with E-state index in [0.29, 0.717) is 0 Å². The van der Waals surface area contributed by atoms with E-state index in [1.807, 2.05) is 18.6 Å². The van der Waals surface area contributed by atoms with E-state index in [9.17, 15) is 0 Å². The van der Waals surface area contributed by atoms with Crippen molar-refractivity contribution in [3.05, 3.63) is 40.4 Å². The van der Waals surface area contributed by atoms with E-state index in [0.717, 1.165) is 25.1 Å². The molecule has 0 aliphatic rings. The summed E-state index contributed by atoms with van der Waals surface area (Å²) >= 11 is 1.76. The van der Waals surface area contributed by atoms with Gasteiger partial charge in [0.25, 0.3) is 0 Å².